The zero-order chi connectivity index (χ0) is 23.8. The molecule has 1 aliphatic carbocycles. The van der Waals surface area contributed by atoms with Gasteiger partial charge in [0.05, 0.1) is 11.4 Å². The minimum atomic E-state index is -1.79. The topological polar surface area (TPSA) is 69.5 Å². The van der Waals surface area contributed by atoms with Crippen molar-refractivity contribution in [3.05, 3.63) is 36.5 Å². The molecule has 7 heteroatoms. The van der Waals surface area contributed by atoms with E-state index in [2.05, 4.69) is 47.6 Å². The van der Waals surface area contributed by atoms with E-state index in [4.69, 9.17) is 14.1 Å². The van der Waals surface area contributed by atoms with Crippen molar-refractivity contribution in [3.63, 3.8) is 0 Å². The van der Waals surface area contributed by atoms with E-state index < -0.39 is 8.32 Å². The van der Waals surface area contributed by atoms with Gasteiger partial charge in [0.1, 0.15) is 14.2 Å². The molecule has 0 aliphatic heterocycles. The fraction of sp³-hybridized carbons (Fsp3) is 0.640. The minimum Gasteiger partial charge on any atom is -0.520 e. The third kappa shape index (κ3) is 12.0. The van der Waals surface area contributed by atoms with Crippen molar-refractivity contribution < 1.29 is 18.9 Å². The van der Waals surface area contributed by atoms with Crippen LogP contribution in [0.3, 0.4) is 0 Å². The Morgan fingerprint density at radius 1 is 1.09 bits per heavy atom. The monoisotopic (exact) mass is 462 g/mol. The number of unbranched alkanes of at least 4 members (excludes halogenated alkanes) is 3. The molecule has 0 radical (unpaired) electrons. The largest absolute Gasteiger partial charge is 0.520 e. The van der Waals surface area contributed by atoms with E-state index in [9.17, 15) is 4.79 Å². The van der Waals surface area contributed by atoms with E-state index >= 15 is 0 Å². The first-order valence-corrected chi connectivity index (χ1v) is 15.2. The summed E-state index contributed by atoms with van der Waals surface area (Å²) in [5.41, 5.74) is 1.91. The first kappa shape index (κ1) is 27.9. The molecule has 1 aliphatic rings. The highest BCUT2D eigenvalue weighted by Crippen LogP contribution is 2.28. The quantitative estimate of drug-likeness (QED) is 0.0925. The zero-order valence-electron chi connectivity index (χ0n) is 20.8. The van der Waals surface area contributed by atoms with E-state index in [0.717, 1.165) is 43.5 Å². The van der Waals surface area contributed by atoms with Gasteiger partial charge in [-0.1, -0.05) is 54.4 Å². The first-order valence-electron chi connectivity index (χ1n) is 11.7. The van der Waals surface area contributed by atoms with Gasteiger partial charge >= 0.3 is 0 Å². The smallest absolute Gasteiger partial charge is 0.292 e. The molecule has 0 saturated carbocycles. The molecule has 0 amide bonds. The predicted molar refractivity (Wildman–Crippen MR) is 135 cm³/mol. The highest BCUT2D eigenvalue weighted by atomic mass is 28.4. The first-order chi connectivity index (χ1) is 15.3. The van der Waals surface area contributed by atoms with Gasteiger partial charge in [-0.15, -0.1) is 0 Å². The summed E-state index contributed by atoms with van der Waals surface area (Å²) in [7, 11) is 1.37. The standard InChI is InChI=1S/C25H42N2O4Si/c1-7-8-11-14-22(26-29-2)19-17-21-18-20-24(27-30-3)23(21)15-12-9-10-13-16-25(28)31-32(4,5)6/h9,12,17-21,23H,7-8,10-11,13-16H2,1-6H3/b12-9-,19-17+,26-22?,27-24+/t21-,23+/m0/s1. The van der Waals surface area contributed by atoms with Gasteiger partial charge in [-0.3, -0.25) is 4.79 Å². The van der Waals surface area contributed by atoms with Crippen LogP contribution < -0.4 is 0 Å². The number of carbonyl (C=O) groups excluding carboxylic acids is 1. The minimum absolute atomic E-state index is 0.0789. The predicted octanol–water partition coefficient (Wildman–Crippen LogP) is 6.42. The number of hydrogen-bond donors (Lipinski definition) is 0. The summed E-state index contributed by atoms with van der Waals surface area (Å²) in [5.74, 6) is 0.372. The van der Waals surface area contributed by atoms with Gasteiger partial charge in [0.2, 0.25) is 8.32 Å². The highest BCUT2D eigenvalue weighted by molar-refractivity contribution is 6.71. The summed E-state index contributed by atoms with van der Waals surface area (Å²) in [5, 5.41) is 8.37. The maximum Gasteiger partial charge on any atom is 0.292 e. The molecule has 32 heavy (non-hydrogen) atoms. The van der Waals surface area contributed by atoms with Crippen LogP contribution in [0, 0.1) is 11.8 Å². The molecule has 2 atom stereocenters. The maximum atomic E-state index is 11.8. The summed E-state index contributed by atoms with van der Waals surface area (Å²) >= 11 is 0. The number of nitrogens with zero attached hydrogens (tertiary/aromatic N) is 2. The molecule has 0 heterocycles. The molecule has 0 saturated heterocycles. The molecule has 0 aromatic rings. The molecule has 0 spiro atoms. The summed E-state index contributed by atoms with van der Waals surface area (Å²) < 4.78 is 5.49. The maximum absolute atomic E-state index is 11.8. The van der Waals surface area contributed by atoms with Crippen molar-refractivity contribution in [2.75, 3.05) is 14.2 Å². The third-order valence-corrected chi connectivity index (χ3v) is 5.85. The molecule has 0 aromatic heterocycles. The Morgan fingerprint density at radius 2 is 1.88 bits per heavy atom. The van der Waals surface area contributed by atoms with Crippen LogP contribution in [0.4, 0.5) is 0 Å². The second-order valence-corrected chi connectivity index (χ2v) is 13.4. The lowest BCUT2D eigenvalue weighted by Crippen LogP contribution is -2.28. The van der Waals surface area contributed by atoms with Crippen molar-refractivity contribution in [3.8, 4) is 0 Å². The van der Waals surface area contributed by atoms with E-state index in [-0.39, 0.29) is 17.8 Å². The Morgan fingerprint density at radius 3 is 2.53 bits per heavy atom. The van der Waals surface area contributed by atoms with Crippen LogP contribution in [0.25, 0.3) is 0 Å². The van der Waals surface area contributed by atoms with Gasteiger partial charge in [-0.25, -0.2) is 0 Å². The van der Waals surface area contributed by atoms with E-state index in [1.165, 1.54) is 12.8 Å². The van der Waals surface area contributed by atoms with Gasteiger partial charge in [0, 0.05) is 18.3 Å². The van der Waals surface area contributed by atoms with Gasteiger partial charge in [-0.05, 0) is 63.9 Å². The number of allylic oxidation sites excluding steroid dienone is 6. The molecule has 0 bridgehead atoms. The molecule has 0 aromatic carbocycles. The van der Waals surface area contributed by atoms with Crippen LogP contribution in [0.5, 0.6) is 0 Å². The molecule has 6 nitrogen and oxygen atoms in total. The van der Waals surface area contributed by atoms with Gasteiger partial charge in [0.25, 0.3) is 5.97 Å². The third-order valence-electron chi connectivity index (χ3n) is 5.01. The van der Waals surface area contributed by atoms with Gasteiger partial charge < -0.3 is 14.1 Å². The zero-order valence-corrected chi connectivity index (χ0v) is 21.8. The Bertz CT molecular complexity index is 705. The van der Waals surface area contributed by atoms with Crippen molar-refractivity contribution >= 4 is 25.7 Å². The Balaban J connectivity index is 2.62. The number of rotatable bonds is 15. The average molecular weight is 463 g/mol. The lowest BCUT2D eigenvalue weighted by atomic mass is 9.90. The van der Waals surface area contributed by atoms with Crippen LogP contribution >= 0.6 is 0 Å². The van der Waals surface area contributed by atoms with Crippen molar-refractivity contribution in [2.45, 2.75) is 77.9 Å². The molecular weight excluding hydrogens is 420 g/mol. The molecular formula is C25H42N2O4Si. The second kappa shape index (κ2) is 15.6. The van der Waals surface area contributed by atoms with Crippen LogP contribution in [0.15, 0.2) is 46.8 Å². The van der Waals surface area contributed by atoms with Crippen molar-refractivity contribution in [1.82, 2.24) is 0 Å². The van der Waals surface area contributed by atoms with E-state index in [1.54, 1.807) is 14.2 Å². The normalized spacial score (nSPS) is 20.6. The summed E-state index contributed by atoms with van der Waals surface area (Å²) in [4.78, 5) is 21.9. The molecule has 0 N–H and O–H groups in total. The highest BCUT2D eigenvalue weighted by Gasteiger charge is 2.26. The van der Waals surface area contributed by atoms with Crippen molar-refractivity contribution in [1.29, 1.82) is 0 Å². The fourth-order valence-corrected chi connectivity index (χ4v) is 4.30. The Kier molecular flexibility index (Phi) is 13.6. The number of oxime groups is 2. The summed E-state index contributed by atoms with van der Waals surface area (Å²) in [6.45, 7) is 8.28. The second-order valence-electron chi connectivity index (χ2n) is 9.01. The van der Waals surface area contributed by atoms with Crippen LogP contribution in [0.2, 0.25) is 19.6 Å². The Labute approximate surface area is 195 Å². The lowest BCUT2D eigenvalue weighted by Gasteiger charge is -2.17. The molecule has 0 fully saturated rings. The molecule has 1 rings (SSSR count). The van der Waals surface area contributed by atoms with E-state index in [0.29, 0.717) is 6.42 Å². The van der Waals surface area contributed by atoms with Crippen molar-refractivity contribution in [2.24, 2.45) is 22.1 Å². The van der Waals surface area contributed by atoms with Crippen LogP contribution in [-0.2, 0) is 18.9 Å². The van der Waals surface area contributed by atoms with Gasteiger partial charge in [-0.2, -0.15) is 0 Å². The summed E-state index contributed by atoms with van der Waals surface area (Å²) in [6, 6.07) is 0. The molecule has 180 valence electrons. The number of carbonyl (C=O) groups is 1. The average Bonchev–Trinajstić information content (AvgIpc) is 3.09. The van der Waals surface area contributed by atoms with Crippen LogP contribution in [0.1, 0.15) is 58.3 Å². The Hall–Kier alpha value is -2.15. The lowest BCUT2D eigenvalue weighted by molar-refractivity contribution is -0.135. The summed E-state index contributed by atoms with van der Waals surface area (Å²) in [6.07, 6.45) is 20.2. The van der Waals surface area contributed by atoms with Gasteiger partial charge in [0.15, 0.2) is 0 Å². The fourth-order valence-electron chi connectivity index (χ4n) is 3.52. The van der Waals surface area contributed by atoms with E-state index in [1.807, 2.05) is 25.7 Å². The number of hydrogen-bond acceptors (Lipinski definition) is 6. The SMILES string of the molecule is CCCCCC(/C=C/[C@H]1C=C/C(=N\OC)[C@@H]1C/C=C\CCCC(=O)O[Si](C)(C)C)=NOC. The molecule has 0 unspecified atom stereocenters. The van der Waals surface area contributed by atoms with Crippen LogP contribution in [-0.4, -0.2) is 39.9 Å².